The number of nitrogens with zero attached hydrogens (tertiary/aromatic N) is 1. The van der Waals surface area contributed by atoms with Gasteiger partial charge in [-0.15, -0.1) is 0 Å². The van der Waals surface area contributed by atoms with Gasteiger partial charge >= 0.3 is 0 Å². The van der Waals surface area contributed by atoms with Gasteiger partial charge in [0.2, 0.25) is 5.91 Å². The number of carbonyl (C=O) groups excluding carboxylic acids is 1. The molecule has 0 aliphatic carbocycles. The summed E-state index contributed by atoms with van der Waals surface area (Å²) in [5.74, 6) is 0.134. The molecule has 0 saturated carbocycles. The normalized spacial score (nSPS) is 19.9. The van der Waals surface area contributed by atoms with Crippen molar-refractivity contribution in [3.63, 3.8) is 0 Å². The van der Waals surface area contributed by atoms with E-state index in [0.717, 1.165) is 31.5 Å². The molecule has 92 valence electrons. The highest BCUT2D eigenvalue weighted by Gasteiger charge is 2.24. The summed E-state index contributed by atoms with van der Waals surface area (Å²) in [5, 5.41) is 3.27. The number of likely N-dealkylation sites (N-methyl/N-ethyl adjacent to an activating group) is 1. The molecule has 0 spiro atoms. The molecule has 4 nitrogen and oxygen atoms in total. The molecule has 1 heterocycles. The van der Waals surface area contributed by atoms with Crippen LogP contribution in [0.3, 0.4) is 0 Å². The summed E-state index contributed by atoms with van der Waals surface area (Å²) in [6.45, 7) is 0.936. The molecule has 4 heteroatoms. The number of nitrogen functional groups attached to an aromatic ring is 1. The first-order valence-electron chi connectivity index (χ1n) is 6.05. The van der Waals surface area contributed by atoms with Crippen molar-refractivity contribution in [2.24, 2.45) is 0 Å². The Morgan fingerprint density at radius 3 is 2.65 bits per heavy atom. The van der Waals surface area contributed by atoms with E-state index in [9.17, 15) is 4.79 Å². The molecule has 0 bridgehead atoms. The SMILES string of the molecule is CN(C(=O)C1CCCCN1)c1ccc(N)cc1. The van der Waals surface area contributed by atoms with Crippen LogP contribution in [-0.4, -0.2) is 25.5 Å². The fourth-order valence-corrected chi connectivity index (χ4v) is 2.12. The number of nitrogens with one attached hydrogen (secondary N) is 1. The van der Waals surface area contributed by atoms with Crippen LogP contribution < -0.4 is 16.0 Å². The molecular formula is C13H19N3O. The Morgan fingerprint density at radius 1 is 1.35 bits per heavy atom. The second kappa shape index (κ2) is 5.19. The first-order valence-corrected chi connectivity index (χ1v) is 6.05. The van der Waals surface area contributed by atoms with E-state index in [1.165, 1.54) is 0 Å². The van der Waals surface area contributed by atoms with Crippen LogP contribution in [0, 0.1) is 0 Å². The average molecular weight is 233 g/mol. The van der Waals surface area contributed by atoms with Gasteiger partial charge in [-0.2, -0.15) is 0 Å². The molecule has 1 aliphatic rings. The van der Waals surface area contributed by atoms with Crippen molar-refractivity contribution in [2.45, 2.75) is 25.3 Å². The Morgan fingerprint density at radius 2 is 2.06 bits per heavy atom. The predicted molar refractivity (Wildman–Crippen MR) is 69.9 cm³/mol. The lowest BCUT2D eigenvalue weighted by atomic mass is 10.0. The molecule has 1 amide bonds. The second-order valence-corrected chi connectivity index (χ2v) is 4.49. The quantitative estimate of drug-likeness (QED) is 0.759. The van der Waals surface area contributed by atoms with Crippen LogP contribution in [0.15, 0.2) is 24.3 Å². The maximum absolute atomic E-state index is 12.2. The van der Waals surface area contributed by atoms with Crippen molar-refractivity contribution in [3.05, 3.63) is 24.3 Å². The third-order valence-electron chi connectivity index (χ3n) is 3.22. The third-order valence-corrected chi connectivity index (χ3v) is 3.22. The topological polar surface area (TPSA) is 58.4 Å². The molecule has 2 rings (SSSR count). The molecule has 1 aromatic carbocycles. The molecule has 0 aromatic heterocycles. The zero-order chi connectivity index (χ0) is 12.3. The summed E-state index contributed by atoms with van der Waals surface area (Å²) in [4.78, 5) is 13.9. The number of hydrogen-bond donors (Lipinski definition) is 2. The van der Waals surface area contributed by atoms with Crippen molar-refractivity contribution in [1.29, 1.82) is 0 Å². The van der Waals surface area contributed by atoms with E-state index in [-0.39, 0.29) is 11.9 Å². The highest BCUT2D eigenvalue weighted by molar-refractivity contribution is 5.96. The fraction of sp³-hybridized carbons (Fsp3) is 0.462. The lowest BCUT2D eigenvalue weighted by molar-refractivity contribution is -0.120. The Hall–Kier alpha value is -1.55. The summed E-state index contributed by atoms with van der Waals surface area (Å²) in [5.41, 5.74) is 7.23. The fourth-order valence-electron chi connectivity index (χ4n) is 2.12. The number of amides is 1. The number of nitrogens with two attached hydrogens (primary N) is 1. The minimum atomic E-state index is -0.0358. The number of anilines is 2. The monoisotopic (exact) mass is 233 g/mol. The van der Waals surface area contributed by atoms with E-state index >= 15 is 0 Å². The Labute approximate surface area is 102 Å². The molecule has 1 saturated heterocycles. The molecule has 1 fully saturated rings. The van der Waals surface area contributed by atoms with Gasteiger partial charge in [-0.25, -0.2) is 0 Å². The number of hydrogen-bond acceptors (Lipinski definition) is 3. The Kier molecular flexibility index (Phi) is 3.64. The van der Waals surface area contributed by atoms with E-state index in [1.54, 1.807) is 4.90 Å². The maximum atomic E-state index is 12.2. The summed E-state index contributed by atoms with van der Waals surface area (Å²) in [6.07, 6.45) is 3.21. The van der Waals surface area contributed by atoms with Gasteiger partial charge in [0.15, 0.2) is 0 Å². The molecule has 1 aliphatic heterocycles. The number of benzene rings is 1. The number of carbonyl (C=O) groups is 1. The standard InChI is InChI=1S/C13H19N3O/c1-16(11-7-5-10(14)6-8-11)13(17)12-4-2-3-9-15-12/h5-8,12,15H,2-4,9,14H2,1H3. The van der Waals surface area contributed by atoms with Gasteiger partial charge in [-0.1, -0.05) is 6.42 Å². The summed E-state index contributed by atoms with van der Waals surface area (Å²) < 4.78 is 0. The van der Waals surface area contributed by atoms with Gasteiger partial charge in [0.25, 0.3) is 0 Å². The first kappa shape index (κ1) is 11.9. The molecule has 0 radical (unpaired) electrons. The van der Waals surface area contributed by atoms with Crippen molar-refractivity contribution in [1.82, 2.24) is 5.32 Å². The summed E-state index contributed by atoms with van der Waals surface area (Å²) >= 11 is 0. The lowest BCUT2D eigenvalue weighted by Gasteiger charge is -2.27. The van der Waals surface area contributed by atoms with Crippen LogP contribution in [-0.2, 0) is 4.79 Å². The zero-order valence-corrected chi connectivity index (χ0v) is 10.1. The van der Waals surface area contributed by atoms with E-state index in [4.69, 9.17) is 5.73 Å². The van der Waals surface area contributed by atoms with Gasteiger partial charge < -0.3 is 16.0 Å². The molecule has 1 unspecified atom stereocenters. The maximum Gasteiger partial charge on any atom is 0.243 e. The van der Waals surface area contributed by atoms with Gasteiger partial charge in [0, 0.05) is 18.4 Å². The van der Waals surface area contributed by atoms with Crippen LogP contribution in [0.25, 0.3) is 0 Å². The highest BCUT2D eigenvalue weighted by Crippen LogP contribution is 2.17. The van der Waals surface area contributed by atoms with E-state index in [2.05, 4.69) is 5.32 Å². The van der Waals surface area contributed by atoms with E-state index in [0.29, 0.717) is 5.69 Å². The third kappa shape index (κ3) is 2.77. The highest BCUT2D eigenvalue weighted by atomic mass is 16.2. The summed E-state index contributed by atoms with van der Waals surface area (Å²) in [6, 6.07) is 7.33. The van der Waals surface area contributed by atoms with Crippen molar-refractivity contribution in [2.75, 3.05) is 24.2 Å². The van der Waals surface area contributed by atoms with Crippen LogP contribution in [0.1, 0.15) is 19.3 Å². The molecule has 1 atom stereocenters. The van der Waals surface area contributed by atoms with Gasteiger partial charge in [-0.05, 0) is 43.7 Å². The minimum Gasteiger partial charge on any atom is -0.399 e. The molecule has 3 N–H and O–H groups in total. The van der Waals surface area contributed by atoms with Crippen molar-refractivity contribution in [3.8, 4) is 0 Å². The minimum absolute atomic E-state index is 0.0358. The van der Waals surface area contributed by atoms with Gasteiger partial charge in [-0.3, -0.25) is 4.79 Å². The average Bonchev–Trinajstić information content (AvgIpc) is 2.39. The van der Waals surface area contributed by atoms with Crippen molar-refractivity contribution >= 4 is 17.3 Å². The smallest absolute Gasteiger partial charge is 0.243 e. The summed E-state index contributed by atoms with van der Waals surface area (Å²) in [7, 11) is 1.81. The zero-order valence-electron chi connectivity index (χ0n) is 10.1. The molecule has 17 heavy (non-hydrogen) atoms. The van der Waals surface area contributed by atoms with E-state index in [1.807, 2.05) is 31.3 Å². The predicted octanol–water partition coefficient (Wildman–Crippen LogP) is 1.37. The van der Waals surface area contributed by atoms with Crippen LogP contribution >= 0.6 is 0 Å². The van der Waals surface area contributed by atoms with Gasteiger partial charge in [0.05, 0.1) is 6.04 Å². The molecular weight excluding hydrogens is 214 g/mol. The van der Waals surface area contributed by atoms with Crippen LogP contribution in [0.4, 0.5) is 11.4 Å². The lowest BCUT2D eigenvalue weighted by Crippen LogP contribution is -2.47. The van der Waals surface area contributed by atoms with Crippen LogP contribution in [0.5, 0.6) is 0 Å². The van der Waals surface area contributed by atoms with Gasteiger partial charge in [0.1, 0.15) is 0 Å². The largest absolute Gasteiger partial charge is 0.399 e. The van der Waals surface area contributed by atoms with Crippen LogP contribution in [0.2, 0.25) is 0 Å². The number of piperidine rings is 1. The van der Waals surface area contributed by atoms with Crippen molar-refractivity contribution < 1.29 is 4.79 Å². The Balaban J connectivity index is 2.05. The number of rotatable bonds is 2. The second-order valence-electron chi connectivity index (χ2n) is 4.49. The Bertz CT molecular complexity index is 382. The first-order chi connectivity index (χ1) is 8.18. The molecule has 1 aromatic rings. The van der Waals surface area contributed by atoms with E-state index < -0.39 is 0 Å².